The van der Waals surface area contributed by atoms with Crippen LogP contribution in [0, 0.1) is 14.9 Å². The molecule has 0 aliphatic carbocycles. The summed E-state index contributed by atoms with van der Waals surface area (Å²) in [5.41, 5.74) is 2.26. The molecule has 0 aliphatic heterocycles. The molecule has 5 heteroatoms. The Kier molecular flexibility index (Phi) is 5.54. The van der Waals surface area contributed by atoms with Crippen molar-refractivity contribution in [3.05, 3.63) is 75.4 Å². The topological polar surface area (TPSA) is 70.3 Å². The zero-order chi connectivity index (χ0) is 18.5. The van der Waals surface area contributed by atoms with E-state index < -0.39 is 5.97 Å². The standard InChI is InChI=1S/C21H14INO3/c22-19-10-14(5-8-20(19)26-13-21(24)25)9-18(12-23)17-7-6-15-3-1-2-4-16(15)11-17/h1-11H,13H2,(H,24,25)/b18-9-. The van der Waals surface area contributed by atoms with Crippen molar-refractivity contribution in [1.29, 1.82) is 5.26 Å². The van der Waals surface area contributed by atoms with Crippen molar-refractivity contribution in [1.82, 2.24) is 0 Å². The molecule has 1 N–H and O–H groups in total. The van der Waals surface area contributed by atoms with E-state index in [4.69, 9.17) is 9.84 Å². The lowest BCUT2D eigenvalue weighted by Gasteiger charge is -2.07. The maximum Gasteiger partial charge on any atom is 0.341 e. The van der Waals surface area contributed by atoms with Gasteiger partial charge in [-0.15, -0.1) is 0 Å². The van der Waals surface area contributed by atoms with Gasteiger partial charge >= 0.3 is 5.97 Å². The lowest BCUT2D eigenvalue weighted by Crippen LogP contribution is -2.10. The summed E-state index contributed by atoms with van der Waals surface area (Å²) in [4.78, 5) is 10.6. The molecule has 128 valence electrons. The number of ether oxygens (including phenoxy) is 1. The molecule has 0 spiro atoms. The maximum atomic E-state index is 10.6. The fourth-order valence-corrected chi connectivity index (χ4v) is 3.26. The van der Waals surface area contributed by atoms with E-state index in [0.717, 1.165) is 25.5 Å². The summed E-state index contributed by atoms with van der Waals surface area (Å²) in [6.45, 7) is -0.383. The molecule has 0 amide bonds. The molecule has 0 unspecified atom stereocenters. The third-order valence-corrected chi connectivity index (χ3v) is 4.64. The van der Waals surface area contributed by atoms with Gasteiger partial charge in [0.25, 0.3) is 0 Å². The highest BCUT2D eigenvalue weighted by Crippen LogP contribution is 2.26. The van der Waals surface area contributed by atoms with E-state index in [2.05, 4.69) is 28.7 Å². The Morgan fingerprint density at radius 2 is 1.88 bits per heavy atom. The predicted octanol–water partition coefficient (Wildman–Crippen LogP) is 4.97. The van der Waals surface area contributed by atoms with Crippen LogP contribution in [0.15, 0.2) is 60.7 Å². The van der Waals surface area contributed by atoms with Gasteiger partial charge in [-0.1, -0.05) is 42.5 Å². The molecule has 3 aromatic carbocycles. The van der Waals surface area contributed by atoms with Crippen LogP contribution in [0.4, 0.5) is 0 Å². The highest BCUT2D eigenvalue weighted by Gasteiger charge is 2.07. The number of carbonyl (C=O) groups is 1. The largest absolute Gasteiger partial charge is 0.481 e. The summed E-state index contributed by atoms with van der Waals surface area (Å²) in [5.74, 6) is -0.512. The van der Waals surface area contributed by atoms with Crippen LogP contribution in [0.3, 0.4) is 0 Å². The first kappa shape index (κ1) is 18.0. The minimum absolute atomic E-state index is 0.383. The highest BCUT2D eigenvalue weighted by atomic mass is 127. The summed E-state index contributed by atoms with van der Waals surface area (Å²) in [5, 5.41) is 20.5. The number of allylic oxidation sites excluding steroid dienone is 1. The Balaban J connectivity index is 1.92. The number of carboxylic acids is 1. The van der Waals surface area contributed by atoms with Crippen molar-refractivity contribution in [2.45, 2.75) is 0 Å². The number of nitrogens with zero attached hydrogens (tertiary/aromatic N) is 1. The van der Waals surface area contributed by atoms with Crippen LogP contribution in [0.5, 0.6) is 5.75 Å². The lowest BCUT2D eigenvalue weighted by molar-refractivity contribution is -0.139. The number of carboxylic acid groups (broad SMARTS) is 1. The second-order valence-electron chi connectivity index (χ2n) is 5.60. The predicted molar refractivity (Wildman–Crippen MR) is 110 cm³/mol. The van der Waals surface area contributed by atoms with Gasteiger partial charge in [-0.25, -0.2) is 4.79 Å². The average molecular weight is 455 g/mol. The number of halogens is 1. The maximum absolute atomic E-state index is 10.6. The summed E-state index contributed by atoms with van der Waals surface area (Å²) in [6, 6.07) is 21.6. The van der Waals surface area contributed by atoms with Gasteiger partial charge in [-0.2, -0.15) is 5.26 Å². The Morgan fingerprint density at radius 3 is 2.58 bits per heavy atom. The fraction of sp³-hybridized carbons (Fsp3) is 0.0476. The Hall–Kier alpha value is -2.85. The van der Waals surface area contributed by atoms with Crippen LogP contribution in [0.25, 0.3) is 22.4 Å². The van der Waals surface area contributed by atoms with Crippen LogP contribution in [-0.2, 0) is 4.79 Å². The lowest BCUT2D eigenvalue weighted by atomic mass is 10.0. The molecule has 0 heterocycles. The summed E-state index contributed by atoms with van der Waals surface area (Å²) in [6.07, 6.45) is 1.81. The number of benzene rings is 3. The van der Waals surface area contributed by atoms with Crippen molar-refractivity contribution in [2.24, 2.45) is 0 Å². The van der Waals surface area contributed by atoms with Crippen LogP contribution in [-0.4, -0.2) is 17.7 Å². The van der Waals surface area contributed by atoms with Gasteiger partial charge in [0.2, 0.25) is 0 Å². The molecule has 26 heavy (non-hydrogen) atoms. The van der Waals surface area contributed by atoms with Crippen molar-refractivity contribution in [2.75, 3.05) is 6.61 Å². The van der Waals surface area contributed by atoms with Gasteiger partial charge in [-0.05, 0) is 68.8 Å². The molecule has 0 saturated carbocycles. The van der Waals surface area contributed by atoms with E-state index >= 15 is 0 Å². The molecule has 3 aromatic rings. The molecule has 0 bridgehead atoms. The number of rotatable bonds is 5. The Labute approximate surface area is 164 Å². The quantitative estimate of drug-likeness (QED) is 0.335. The summed E-state index contributed by atoms with van der Waals surface area (Å²) >= 11 is 2.09. The fourth-order valence-electron chi connectivity index (χ4n) is 2.57. The second-order valence-corrected chi connectivity index (χ2v) is 6.77. The molecule has 0 radical (unpaired) electrons. The molecule has 0 aliphatic rings. The van der Waals surface area contributed by atoms with Crippen molar-refractivity contribution >= 4 is 51.0 Å². The van der Waals surface area contributed by atoms with Crippen LogP contribution in [0.2, 0.25) is 0 Å². The van der Waals surface area contributed by atoms with Crippen LogP contribution in [0.1, 0.15) is 11.1 Å². The molecular weight excluding hydrogens is 441 g/mol. The first-order chi connectivity index (χ1) is 12.6. The number of hydrogen-bond donors (Lipinski definition) is 1. The van der Waals surface area contributed by atoms with Gasteiger partial charge in [-0.3, -0.25) is 0 Å². The Morgan fingerprint density at radius 1 is 1.12 bits per heavy atom. The van der Waals surface area contributed by atoms with E-state index in [1.807, 2.05) is 54.6 Å². The number of hydrogen-bond acceptors (Lipinski definition) is 3. The van der Waals surface area contributed by atoms with Crippen molar-refractivity contribution < 1.29 is 14.6 Å². The molecule has 0 aromatic heterocycles. The monoisotopic (exact) mass is 455 g/mol. The first-order valence-electron chi connectivity index (χ1n) is 7.82. The first-order valence-corrected chi connectivity index (χ1v) is 8.90. The molecule has 0 saturated heterocycles. The van der Waals surface area contributed by atoms with Crippen molar-refractivity contribution in [3.8, 4) is 11.8 Å². The number of aliphatic carboxylic acids is 1. The molecule has 0 atom stereocenters. The number of nitriles is 1. The van der Waals surface area contributed by atoms with Crippen molar-refractivity contribution in [3.63, 3.8) is 0 Å². The minimum atomic E-state index is -1.02. The van der Waals surface area contributed by atoms with E-state index in [1.165, 1.54) is 0 Å². The average Bonchev–Trinajstić information content (AvgIpc) is 2.65. The van der Waals surface area contributed by atoms with Gasteiger partial charge < -0.3 is 9.84 Å². The van der Waals surface area contributed by atoms with E-state index in [9.17, 15) is 10.1 Å². The molecule has 4 nitrogen and oxygen atoms in total. The van der Waals surface area contributed by atoms with Crippen LogP contribution >= 0.6 is 22.6 Å². The van der Waals surface area contributed by atoms with E-state index in [-0.39, 0.29) is 6.61 Å². The van der Waals surface area contributed by atoms with Gasteiger partial charge in [0.15, 0.2) is 6.61 Å². The van der Waals surface area contributed by atoms with E-state index in [1.54, 1.807) is 12.1 Å². The summed E-state index contributed by atoms with van der Waals surface area (Å²) < 4.78 is 6.01. The smallest absolute Gasteiger partial charge is 0.341 e. The van der Waals surface area contributed by atoms with Gasteiger partial charge in [0.1, 0.15) is 5.75 Å². The molecule has 3 rings (SSSR count). The number of fused-ring (bicyclic) bond motifs is 1. The third kappa shape index (κ3) is 4.21. The third-order valence-electron chi connectivity index (χ3n) is 3.80. The zero-order valence-corrected chi connectivity index (χ0v) is 15.8. The second kappa shape index (κ2) is 8.02. The molecule has 0 fully saturated rings. The zero-order valence-electron chi connectivity index (χ0n) is 13.6. The SMILES string of the molecule is N#C/C(=C/c1ccc(OCC(=O)O)c(I)c1)c1ccc2ccccc2c1. The summed E-state index contributed by atoms with van der Waals surface area (Å²) in [7, 11) is 0. The van der Waals surface area contributed by atoms with Gasteiger partial charge in [0.05, 0.1) is 15.2 Å². The van der Waals surface area contributed by atoms with Gasteiger partial charge in [0, 0.05) is 0 Å². The normalized spacial score (nSPS) is 11.2. The van der Waals surface area contributed by atoms with E-state index in [0.29, 0.717) is 11.3 Å². The van der Waals surface area contributed by atoms with Crippen LogP contribution < -0.4 is 4.74 Å². The highest BCUT2D eigenvalue weighted by molar-refractivity contribution is 14.1. The molecular formula is C21H14INO3. The Bertz CT molecular complexity index is 1050. The minimum Gasteiger partial charge on any atom is -0.481 e.